The van der Waals surface area contributed by atoms with Crippen LogP contribution < -0.4 is 5.32 Å². The van der Waals surface area contributed by atoms with E-state index < -0.39 is 10.5 Å². The van der Waals surface area contributed by atoms with Gasteiger partial charge in [0.15, 0.2) is 0 Å². The van der Waals surface area contributed by atoms with E-state index in [1.165, 1.54) is 6.07 Å². The third kappa shape index (κ3) is 3.87. The fraction of sp³-hybridized carbons (Fsp3) is 0.500. The fourth-order valence-corrected chi connectivity index (χ4v) is 1.82. The van der Waals surface area contributed by atoms with Gasteiger partial charge in [-0.15, -0.1) is 0 Å². The van der Waals surface area contributed by atoms with Crippen molar-refractivity contribution in [2.24, 2.45) is 0 Å². The van der Waals surface area contributed by atoms with Gasteiger partial charge in [-0.3, -0.25) is 10.1 Å². The Morgan fingerprint density at radius 2 is 2.05 bits per heavy atom. The van der Waals surface area contributed by atoms with Crippen LogP contribution >= 0.6 is 11.6 Å². The van der Waals surface area contributed by atoms with Crippen LogP contribution in [-0.4, -0.2) is 33.9 Å². The number of nitrogens with one attached hydrogen (secondary N) is 1. The lowest BCUT2D eigenvalue weighted by Crippen LogP contribution is -2.50. The Morgan fingerprint density at radius 1 is 1.42 bits per heavy atom. The Balaban J connectivity index is 2.91. The molecule has 0 aliphatic rings. The van der Waals surface area contributed by atoms with E-state index in [1.807, 2.05) is 6.92 Å². The summed E-state index contributed by atoms with van der Waals surface area (Å²) >= 11 is 5.73. The summed E-state index contributed by atoms with van der Waals surface area (Å²) in [6, 6.07) is 4.41. The molecule has 0 fully saturated rings. The van der Waals surface area contributed by atoms with Crippen LogP contribution in [0.5, 0.6) is 0 Å². The number of aliphatic hydroxyl groups excluding tert-OH is 2. The summed E-state index contributed by atoms with van der Waals surface area (Å²) in [7, 11) is 0. The van der Waals surface area contributed by atoms with Gasteiger partial charge in [0.05, 0.1) is 23.7 Å². The number of halogens is 1. The lowest BCUT2D eigenvalue weighted by Gasteiger charge is -2.29. The summed E-state index contributed by atoms with van der Waals surface area (Å²) in [5.74, 6) is 0. The normalized spacial score (nSPS) is 11.6. The predicted octanol–water partition coefficient (Wildman–Crippen LogP) is 1.47. The SMILES string of the molecule is CCC(CO)(CO)NCc1ccc(Cl)cc1[N+](=O)[O-]. The summed E-state index contributed by atoms with van der Waals surface area (Å²) in [6.45, 7) is 1.49. The van der Waals surface area contributed by atoms with Crippen molar-refractivity contribution in [2.45, 2.75) is 25.4 Å². The molecule has 106 valence electrons. The molecule has 19 heavy (non-hydrogen) atoms. The third-order valence-corrected chi connectivity index (χ3v) is 3.42. The summed E-state index contributed by atoms with van der Waals surface area (Å²) in [6.07, 6.45) is 0.501. The van der Waals surface area contributed by atoms with Crippen molar-refractivity contribution in [1.82, 2.24) is 5.32 Å². The molecule has 0 saturated carbocycles. The number of rotatable bonds is 7. The second-order valence-electron chi connectivity index (χ2n) is 4.33. The first kappa shape index (κ1) is 15.8. The van der Waals surface area contributed by atoms with Gasteiger partial charge in [0.25, 0.3) is 5.69 Å². The fourth-order valence-electron chi connectivity index (χ4n) is 1.65. The highest BCUT2D eigenvalue weighted by atomic mass is 35.5. The number of aliphatic hydroxyl groups is 2. The second-order valence-corrected chi connectivity index (χ2v) is 4.77. The molecule has 7 heteroatoms. The standard InChI is InChI=1S/C12H17ClN2O4/c1-2-12(7-16,8-17)14-6-9-3-4-10(13)5-11(9)15(18)19/h3-5,14,16-17H,2,6-8H2,1H3. The first-order valence-corrected chi connectivity index (χ1v) is 6.25. The molecule has 0 spiro atoms. The minimum atomic E-state index is -0.840. The molecule has 1 aromatic carbocycles. The smallest absolute Gasteiger partial charge is 0.275 e. The van der Waals surface area contributed by atoms with Gasteiger partial charge in [-0.05, 0) is 18.6 Å². The Hall–Kier alpha value is -1.21. The molecule has 0 radical (unpaired) electrons. The summed E-state index contributed by atoms with van der Waals surface area (Å²) in [4.78, 5) is 10.4. The van der Waals surface area contributed by atoms with Gasteiger partial charge in [-0.25, -0.2) is 0 Å². The first-order valence-electron chi connectivity index (χ1n) is 5.87. The highest BCUT2D eigenvalue weighted by Crippen LogP contribution is 2.23. The van der Waals surface area contributed by atoms with Gasteiger partial charge >= 0.3 is 0 Å². The lowest BCUT2D eigenvalue weighted by atomic mass is 9.98. The Kier molecular flexibility index (Phi) is 5.68. The quantitative estimate of drug-likeness (QED) is 0.521. The number of benzene rings is 1. The maximum absolute atomic E-state index is 10.9. The van der Waals surface area contributed by atoms with Gasteiger partial charge < -0.3 is 15.5 Å². The van der Waals surface area contributed by atoms with Crippen LogP contribution in [0.15, 0.2) is 18.2 Å². The van der Waals surface area contributed by atoms with E-state index in [9.17, 15) is 20.3 Å². The topological polar surface area (TPSA) is 95.6 Å². The Bertz CT molecular complexity index is 441. The van der Waals surface area contributed by atoms with Crippen molar-refractivity contribution in [2.75, 3.05) is 13.2 Å². The van der Waals surface area contributed by atoms with Gasteiger partial charge in [0, 0.05) is 23.2 Å². The second kappa shape index (κ2) is 6.81. The highest BCUT2D eigenvalue weighted by Gasteiger charge is 2.26. The number of nitrogens with zero attached hydrogens (tertiary/aromatic N) is 1. The zero-order valence-corrected chi connectivity index (χ0v) is 11.4. The highest BCUT2D eigenvalue weighted by molar-refractivity contribution is 6.30. The first-order chi connectivity index (χ1) is 8.98. The van der Waals surface area contributed by atoms with E-state index in [1.54, 1.807) is 12.1 Å². The van der Waals surface area contributed by atoms with Crippen LogP contribution in [0.3, 0.4) is 0 Å². The van der Waals surface area contributed by atoms with E-state index in [-0.39, 0.29) is 25.4 Å². The minimum Gasteiger partial charge on any atom is -0.394 e. The largest absolute Gasteiger partial charge is 0.394 e. The maximum Gasteiger partial charge on any atom is 0.275 e. The molecule has 0 aliphatic carbocycles. The molecule has 1 aromatic rings. The van der Waals surface area contributed by atoms with Crippen LogP contribution in [0.2, 0.25) is 5.02 Å². The Morgan fingerprint density at radius 3 is 2.53 bits per heavy atom. The molecule has 0 aliphatic heterocycles. The average molecular weight is 289 g/mol. The average Bonchev–Trinajstić information content (AvgIpc) is 2.42. The number of nitro benzene ring substituents is 1. The molecule has 0 saturated heterocycles. The Labute approximate surface area is 116 Å². The van der Waals surface area contributed by atoms with Crippen molar-refractivity contribution in [3.8, 4) is 0 Å². The van der Waals surface area contributed by atoms with Gasteiger partial charge in [-0.2, -0.15) is 0 Å². The molecule has 0 amide bonds. The molecule has 0 unspecified atom stereocenters. The predicted molar refractivity (Wildman–Crippen MR) is 72.1 cm³/mol. The molecule has 6 nitrogen and oxygen atoms in total. The zero-order chi connectivity index (χ0) is 14.5. The van der Waals surface area contributed by atoms with Gasteiger partial charge in [0.2, 0.25) is 0 Å². The molecular formula is C12H17ClN2O4. The van der Waals surface area contributed by atoms with E-state index >= 15 is 0 Å². The van der Waals surface area contributed by atoms with E-state index in [2.05, 4.69) is 5.32 Å². The van der Waals surface area contributed by atoms with E-state index in [0.29, 0.717) is 17.0 Å². The molecule has 0 aromatic heterocycles. The molecule has 1 rings (SSSR count). The van der Waals surface area contributed by atoms with Crippen molar-refractivity contribution in [1.29, 1.82) is 0 Å². The van der Waals surface area contributed by atoms with Crippen molar-refractivity contribution in [3.05, 3.63) is 38.9 Å². The van der Waals surface area contributed by atoms with Crippen molar-refractivity contribution >= 4 is 17.3 Å². The monoisotopic (exact) mass is 288 g/mol. The number of hydrogen-bond acceptors (Lipinski definition) is 5. The summed E-state index contributed by atoms with van der Waals surface area (Å²) in [5, 5.41) is 32.8. The minimum absolute atomic E-state index is 0.0825. The number of hydrogen-bond donors (Lipinski definition) is 3. The summed E-state index contributed by atoms with van der Waals surface area (Å²) in [5.41, 5.74) is -0.469. The van der Waals surface area contributed by atoms with Gasteiger partial charge in [0.1, 0.15) is 0 Å². The van der Waals surface area contributed by atoms with E-state index in [0.717, 1.165) is 0 Å². The summed E-state index contributed by atoms with van der Waals surface area (Å²) < 4.78 is 0. The maximum atomic E-state index is 10.9. The molecule has 0 bridgehead atoms. The van der Waals surface area contributed by atoms with Crippen molar-refractivity contribution in [3.63, 3.8) is 0 Å². The molecular weight excluding hydrogens is 272 g/mol. The third-order valence-electron chi connectivity index (χ3n) is 3.18. The molecule has 0 heterocycles. The van der Waals surface area contributed by atoms with E-state index in [4.69, 9.17) is 11.6 Å². The molecule has 0 atom stereocenters. The number of nitro groups is 1. The van der Waals surface area contributed by atoms with Crippen LogP contribution in [0, 0.1) is 10.1 Å². The van der Waals surface area contributed by atoms with Gasteiger partial charge in [-0.1, -0.05) is 18.5 Å². The van der Waals surface area contributed by atoms with Crippen LogP contribution in [-0.2, 0) is 6.54 Å². The van der Waals surface area contributed by atoms with Crippen LogP contribution in [0.4, 0.5) is 5.69 Å². The van der Waals surface area contributed by atoms with Crippen LogP contribution in [0.25, 0.3) is 0 Å². The zero-order valence-electron chi connectivity index (χ0n) is 10.6. The van der Waals surface area contributed by atoms with Crippen LogP contribution in [0.1, 0.15) is 18.9 Å². The molecule has 3 N–H and O–H groups in total. The van der Waals surface area contributed by atoms with Crippen molar-refractivity contribution < 1.29 is 15.1 Å². The lowest BCUT2D eigenvalue weighted by molar-refractivity contribution is -0.385.